The number of benzene rings is 3. The molecule has 0 aliphatic rings. The average Bonchev–Trinajstić information content (AvgIpc) is 3.14. The van der Waals surface area contributed by atoms with E-state index in [1.807, 2.05) is 56.3 Å². The minimum absolute atomic E-state index is 0.0356. The summed E-state index contributed by atoms with van der Waals surface area (Å²) < 4.78 is 12.5. The van der Waals surface area contributed by atoms with Crippen LogP contribution in [-0.4, -0.2) is 33.8 Å². The molecular formula is C27H26N2O4S. The number of thioether (sulfide) groups is 1. The van der Waals surface area contributed by atoms with E-state index in [-0.39, 0.29) is 5.75 Å². The molecule has 0 saturated carbocycles. The van der Waals surface area contributed by atoms with Crippen LogP contribution in [0.2, 0.25) is 0 Å². The summed E-state index contributed by atoms with van der Waals surface area (Å²) in [5.74, 6) is -0.640. The highest BCUT2D eigenvalue weighted by Crippen LogP contribution is 2.26. The molecule has 0 aliphatic heterocycles. The molecule has 174 valence electrons. The van der Waals surface area contributed by atoms with Gasteiger partial charge >= 0.3 is 11.9 Å². The Balaban J connectivity index is 1.38. The highest BCUT2D eigenvalue weighted by Gasteiger charge is 2.16. The summed E-state index contributed by atoms with van der Waals surface area (Å²) in [6, 6.07) is 21.6. The zero-order chi connectivity index (χ0) is 24.1. The Kier molecular flexibility index (Phi) is 7.33. The lowest BCUT2D eigenvalue weighted by molar-refractivity contribution is -0.151. The predicted octanol–water partition coefficient (Wildman–Crippen LogP) is 5.25. The zero-order valence-electron chi connectivity index (χ0n) is 19.4. The van der Waals surface area contributed by atoms with E-state index >= 15 is 0 Å². The maximum absolute atomic E-state index is 12.3. The van der Waals surface area contributed by atoms with Crippen molar-refractivity contribution in [2.45, 2.75) is 32.5 Å². The lowest BCUT2D eigenvalue weighted by atomic mass is 10.1. The number of hydrogen-bond acceptors (Lipinski definition) is 6. The lowest BCUT2D eigenvalue weighted by Gasteiger charge is -2.11. The fraction of sp³-hybridized carbons (Fsp3) is 0.222. The van der Waals surface area contributed by atoms with E-state index in [0.29, 0.717) is 12.3 Å². The van der Waals surface area contributed by atoms with E-state index in [2.05, 4.69) is 23.6 Å². The van der Waals surface area contributed by atoms with Crippen molar-refractivity contribution < 1.29 is 19.1 Å². The van der Waals surface area contributed by atoms with E-state index in [0.717, 1.165) is 27.3 Å². The van der Waals surface area contributed by atoms with Gasteiger partial charge in [0.1, 0.15) is 5.75 Å². The third kappa shape index (κ3) is 5.85. The van der Waals surface area contributed by atoms with Crippen LogP contribution in [-0.2, 0) is 20.9 Å². The van der Waals surface area contributed by atoms with Crippen molar-refractivity contribution >= 4 is 34.7 Å². The quantitative estimate of drug-likeness (QED) is 0.197. The number of carbonyl (C=O) groups is 2. The van der Waals surface area contributed by atoms with Crippen LogP contribution < -0.4 is 4.74 Å². The topological polar surface area (TPSA) is 70.4 Å². The second-order valence-electron chi connectivity index (χ2n) is 8.14. The molecular weight excluding hydrogens is 448 g/mol. The van der Waals surface area contributed by atoms with Crippen molar-refractivity contribution in [1.29, 1.82) is 0 Å². The Bertz CT molecular complexity index is 1330. The van der Waals surface area contributed by atoms with Crippen molar-refractivity contribution in [3.05, 3.63) is 89.0 Å². The number of aryl methyl sites for hydroxylation is 3. The van der Waals surface area contributed by atoms with Crippen molar-refractivity contribution in [2.75, 3.05) is 12.4 Å². The minimum Gasteiger partial charge on any atom is -0.453 e. The Labute approximate surface area is 202 Å². The summed E-state index contributed by atoms with van der Waals surface area (Å²) >= 11 is 1.29. The first-order valence-electron chi connectivity index (χ1n) is 11.0. The van der Waals surface area contributed by atoms with E-state index < -0.39 is 18.5 Å². The number of aromatic nitrogens is 2. The van der Waals surface area contributed by atoms with Gasteiger partial charge in [-0.25, -0.2) is 9.78 Å². The van der Waals surface area contributed by atoms with Crippen LogP contribution in [0, 0.1) is 20.8 Å². The van der Waals surface area contributed by atoms with Gasteiger partial charge in [0, 0.05) is 0 Å². The van der Waals surface area contributed by atoms with E-state index in [4.69, 9.17) is 14.5 Å². The zero-order valence-corrected chi connectivity index (χ0v) is 20.2. The molecule has 34 heavy (non-hydrogen) atoms. The maximum atomic E-state index is 12.3. The third-order valence-corrected chi connectivity index (χ3v) is 6.26. The number of carbonyl (C=O) groups excluding carboxylic acids is 2. The normalized spacial score (nSPS) is 10.9. The number of hydrogen-bond donors (Lipinski definition) is 0. The molecule has 4 rings (SSSR count). The molecule has 0 amide bonds. The molecule has 0 fully saturated rings. The van der Waals surface area contributed by atoms with Crippen molar-refractivity contribution in [2.24, 2.45) is 0 Å². The summed E-state index contributed by atoms with van der Waals surface area (Å²) in [7, 11) is 0. The molecule has 0 spiro atoms. The maximum Gasteiger partial charge on any atom is 0.349 e. The van der Waals surface area contributed by atoms with E-state index in [9.17, 15) is 9.59 Å². The number of esters is 2. The molecule has 0 bridgehead atoms. The minimum atomic E-state index is -0.616. The van der Waals surface area contributed by atoms with Crippen molar-refractivity contribution in [3.63, 3.8) is 0 Å². The monoisotopic (exact) mass is 474 g/mol. The molecule has 0 atom stereocenters. The van der Waals surface area contributed by atoms with Crippen LogP contribution in [0.15, 0.2) is 71.9 Å². The first kappa shape index (κ1) is 23.6. The van der Waals surface area contributed by atoms with Gasteiger partial charge in [-0.2, -0.15) is 0 Å². The summed E-state index contributed by atoms with van der Waals surface area (Å²) in [6.45, 7) is 6.14. The van der Waals surface area contributed by atoms with Crippen LogP contribution in [0.4, 0.5) is 0 Å². The fourth-order valence-electron chi connectivity index (χ4n) is 3.73. The number of para-hydroxylation sites is 2. The number of nitrogens with zero attached hydrogens (tertiary/aromatic N) is 2. The molecule has 3 aromatic carbocycles. The Morgan fingerprint density at radius 1 is 0.912 bits per heavy atom. The molecule has 0 radical (unpaired) electrons. The number of ether oxygens (including phenoxy) is 2. The average molecular weight is 475 g/mol. The largest absolute Gasteiger partial charge is 0.453 e. The van der Waals surface area contributed by atoms with Crippen LogP contribution >= 0.6 is 11.8 Å². The summed E-state index contributed by atoms with van der Waals surface area (Å²) in [6.07, 6.45) is 0. The second-order valence-corrected chi connectivity index (χ2v) is 9.09. The van der Waals surface area contributed by atoms with Crippen LogP contribution in [0.25, 0.3) is 11.0 Å². The fourth-order valence-corrected chi connectivity index (χ4v) is 4.54. The van der Waals surface area contributed by atoms with Gasteiger partial charge in [0.15, 0.2) is 11.8 Å². The summed E-state index contributed by atoms with van der Waals surface area (Å²) in [5.41, 5.74) is 6.22. The molecule has 7 heteroatoms. The predicted molar refractivity (Wildman–Crippen MR) is 133 cm³/mol. The Hall–Kier alpha value is -3.58. The number of imidazole rings is 1. The standard InChI is InChI=1S/C27H26N2O4S/c1-18-12-19(2)14-22(13-18)33-25(30)16-32-26(31)17-34-27-28-23-10-6-7-11-24(23)29(27)15-21-9-5-4-8-20(21)3/h4-14H,15-17H2,1-3H3. The van der Waals surface area contributed by atoms with Crippen LogP contribution in [0.1, 0.15) is 22.3 Å². The van der Waals surface area contributed by atoms with Crippen LogP contribution in [0.5, 0.6) is 5.75 Å². The Morgan fingerprint density at radius 3 is 2.38 bits per heavy atom. The van der Waals surface area contributed by atoms with Gasteiger partial charge in [-0.05, 0) is 67.3 Å². The molecule has 0 saturated heterocycles. The molecule has 0 N–H and O–H groups in total. The summed E-state index contributed by atoms with van der Waals surface area (Å²) in [4.78, 5) is 29.1. The lowest BCUT2D eigenvalue weighted by Crippen LogP contribution is -2.20. The van der Waals surface area contributed by atoms with Crippen LogP contribution in [0.3, 0.4) is 0 Å². The molecule has 1 aromatic heterocycles. The molecule has 1 heterocycles. The molecule has 6 nitrogen and oxygen atoms in total. The van der Waals surface area contributed by atoms with E-state index in [1.54, 1.807) is 12.1 Å². The second kappa shape index (κ2) is 10.6. The van der Waals surface area contributed by atoms with Gasteiger partial charge in [-0.3, -0.25) is 4.79 Å². The summed E-state index contributed by atoms with van der Waals surface area (Å²) in [5, 5.41) is 0.721. The van der Waals surface area contributed by atoms with Gasteiger partial charge in [0.25, 0.3) is 0 Å². The van der Waals surface area contributed by atoms with Gasteiger partial charge < -0.3 is 14.0 Å². The highest BCUT2D eigenvalue weighted by molar-refractivity contribution is 7.99. The smallest absolute Gasteiger partial charge is 0.349 e. The first-order valence-corrected chi connectivity index (χ1v) is 11.9. The Morgan fingerprint density at radius 2 is 1.62 bits per heavy atom. The van der Waals surface area contributed by atoms with Gasteiger partial charge in [-0.1, -0.05) is 54.2 Å². The molecule has 0 aliphatic carbocycles. The van der Waals surface area contributed by atoms with Crippen molar-refractivity contribution in [1.82, 2.24) is 9.55 Å². The van der Waals surface area contributed by atoms with E-state index in [1.165, 1.54) is 22.9 Å². The highest BCUT2D eigenvalue weighted by atomic mass is 32.2. The number of rotatable bonds is 8. The van der Waals surface area contributed by atoms with Gasteiger partial charge in [-0.15, -0.1) is 0 Å². The SMILES string of the molecule is Cc1cc(C)cc(OC(=O)COC(=O)CSc2nc3ccccc3n2Cc2ccccc2C)c1. The molecule has 0 unspecified atom stereocenters. The van der Waals surface area contributed by atoms with Gasteiger partial charge in [0.2, 0.25) is 0 Å². The number of fused-ring (bicyclic) bond motifs is 1. The van der Waals surface area contributed by atoms with Crippen molar-refractivity contribution in [3.8, 4) is 5.75 Å². The first-order chi connectivity index (χ1) is 16.4. The van der Waals surface area contributed by atoms with Gasteiger partial charge in [0.05, 0.1) is 23.3 Å². The molecule has 4 aromatic rings. The third-order valence-electron chi connectivity index (χ3n) is 5.31.